The van der Waals surface area contributed by atoms with E-state index in [0.29, 0.717) is 19.4 Å². The lowest BCUT2D eigenvalue weighted by Crippen LogP contribution is -2.60. The first-order valence-electron chi connectivity index (χ1n) is 21.8. The molecular formula is C46H80N6O7. The molecule has 336 valence electrons. The largest absolute Gasteiger partial charge is 0.379 e. The molecule has 1 aliphatic heterocycles. The quantitative estimate of drug-likeness (QED) is 0.147. The zero-order valence-corrected chi connectivity index (χ0v) is 39.3. The van der Waals surface area contributed by atoms with Gasteiger partial charge in [-0.15, -0.1) is 0 Å². The Morgan fingerprint density at radius 3 is 1.95 bits per heavy atom. The van der Waals surface area contributed by atoms with Gasteiger partial charge in [-0.25, -0.2) is 0 Å². The number of ether oxygens (including phenoxy) is 2. The highest BCUT2D eigenvalue weighted by Crippen LogP contribution is 2.30. The molecule has 2 rings (SSSR count). The van der Waals surface area contributed by atoms with Gasteiger partial charge < -0.3 is 35.2 Å². The molecule has 1 fully saturated rings. The fraction of sp³-hybridized carbons (Fsp3) is 0.761. The van der Waals surface area contributed by atoms with Crippen LogP contribution in [0.4, 0.5) is 0 Å². The Morgan fingerprint density at radius 1 is 0.847 bits per heavy atom. The molecule has 59 heavy (non-hydrogen) atoms. The molecule has 5 amide bonds. The summed E-state index contributed by atoms with van der Waals surface area (Å²) in [5, 5.41) is 9.10. The number of hydrogen-bond acceptors (Lipinski definition) is 8. The summed E-state index contributed by atoms with van der Waals surface area (Å²) in [6.45, 7) is 24.0. The lowest BCUT2D eigenvalue weighted by molar-refractivity contribution is -0.148. The van der Waals surface area contributed by atoms with Crippen molar-refractivity contribution in [2.75, 3.05) is 34.9 Å². The number of methoxy groups -OCH3 is 2. The van der Waals surface area contributed by atoms with E-state index < -0.39 is 47.8 Å². The molecule has 0 radical (unpaired) electrons. The smallest absolute Gasteiger partial charge is 0.245 e. The number of rotatable bonds is 22. The van der Waals surface area contributed by atoms with Crippen molar-refractivity contribution >= 4 is 29.5 Å². The monoisotopic (exact) mass is 829 g/mol. The third-order valence-corrected chi connectivity index (χ3v) is 12.1. The maximum absolute atomic E-state index is 14.4. The van der Waals surface area contributed by atoms with Gasteiger partial charge >= 0.3 is 0 Å². The Morgan fingerprint density at radius 2 is 1.46 bits per heavy atom. The second kappa shape index (κ2) is 23.4. The number of nitrogens with zero attached hydrogens (tertiary/aromatic N) is 3. The summed E-state index contributed by atoms with van der Waals surface area (Å²) in [6.07, 6.45) is 1.15. The normalized spacial score (nSPS) is 18.8. The van der Waals surface area contributed by atoms with Gasteiger partial charge in [-0.2, -0.15) is 0 Å². The molecule has 0 unspecified atom stereocenters. The highest BCUT2D eigenvalue weighted by atomic mass is 16.5. The lowest BCUT2D eigenvalue weighted by Gasteiger charge is -2.41. The standard InChI is InChI=1S/C46H80N6O7/c1-17-31(8)40(51(14)45(57)38(28(2)3)48-44(56)39(29(4)5)50(13)30(6)7)36(58-15)27-37(53)52-25-21-24-35(52)41(59-16)32(9)42(54)47-34(43(55)49-46(10,11)12)26-33-22-19-18-20-23-33/h18-20,22-23,28-32,34-36,38-41H,17,21,24-27H2,1-16H3,(H,47,54)(H,48,56)(H,49,55)/t31-,32+,34-,35-,36+,38-,39-,40-,41+/m0/s1. The molecule has 1 saturated heterocycles. The Balaban J connectivity index is 2.33. The third-order valence-electron chi connectivity index (χ3n) is 12.1. The Kier molecular flexibility index (Phi) is 20.5. The van der Waals surface area contributed by atoms with E-state index in [4.69, 9.17) is 9.47 Å². The van der Waals surface area contributed by atoms with Crippen LogP contribution in [-0.4, -0.2) is 133 Å². The van der Waals surface area contributed by atoms with Crippen molar-refractivity contribution in [2.24, 2.45) is 23.7 Å². The van der Waals surface area contributed by atoms with Crippen LogP contribution in [0.2, 0.25) is 0 Å². The van der Waals surface area contributed by atoms with Gasteiger partial charge in [0.25, 0.3) is 0 Å². The second-order valence-corrected chi connectivity index (χ2v) is 18.8. The van der Waals surface area contributed by atoms with Gasteiger partial charge in [0.15, 0.2) is 0 Å². The molecule has 1 aromatic carbocycles. The Hall–Kier alpha value is -3.55. The van der Waals surface area contributed by atoms with Crippen molar-refractivity contribution in [2.45, 2.75) is 169 Å². The van der Waals surface area contributed by atoms with Crippen LogP contribution in [0.25, 0.3) is 0 Å². The van der Waals surface area contributed by atoms with Gasteiger partial charge in [0.2, 0.25) is 29.5 Å². The second-order valence-electron chi connectivity index (χ2n) is 18.8. The minimum absolute atomic E-state index is 0.00999. The summed E-state index contributed by atoms with van der Waals surface area (Å²) >= 11 is 0. The average Bonchev–Trinajstić information content (AvgIpc) is 3.65. The topological polar surface area (TPSA) is 150 Å². The molecule has 9 atom stereocenters. The van der Waals surface area contributed by atoms with Crippen LogP contribution < -0.4 is 16.0 Å². The highest BCUT2D eigenvalue weighted by molar-refractivity contribution is 5.91. The van der Waals surface area contributed by atoms with E-state index in [1.54, 1.807) is 38.0 Å². The molecular weight excluding hydrogens is 749 g/mol. The predicted molar refractivity (Wildman–Crippen MR) is 234 cm³/mol. The lowest BCUT2D eigenvalue weighted by atomic mass is 9.89. The first-order chi connectivity index (χ1) is 27.5. The maximum Gasteiger partial charge on any atom is 0.245 e. The van der Waals surface area contributed by atoms with Crippen LogP contribution in [0.15, 0.2) is 30.3 Å². The van der Waals surface area contributed by atoms with Gasteiger partial charge in [0.05, 0.1) is 42.7 Å². The molecule has 13 heteroatoms. The van der Waals surface area contributed by atoms with E-state index in [1.807, 2.05) is 118 Å². The Bertz CT molecular complexity index is 1500. The van der Waals surface area contributed by atoms with Crippen LogP contribution in [-0.2, 0) is 39.9 Å². The summed E-state index contributed by atoms with van der Waals surface area (Å²) in [4.78, 5) is 75.4. The molecule has 3 N–H and O–H groups in total. The summed E-state index contributed by atoms with van der Waals surface area (Å²) < 4.78 is 12.1. The van der Waals surface area contributed by atoms with Crippen LogP contribution in [0.3, 0.4) is 0 Å². The number of carbonyl (C=O) groups is 5. The average molecular weight is 829 g/mol. The summed E-state index contributed by atoms with van der Waals surface area (Å²) in [5.74, 6) is -2.08. The fourth-order valence-corrected chi connectivity index (χ4v) is 8.38. The minimum atomic E-state index is -0.813. The molecule has 0 aliphatic carbocycles. The summed E-state index contributed by atoms with van der Waals surface area (Å²) in [5.41, 5.74) is 0.422. The summed E-state index contributed by atoms with van der Waals surface area (Å²) in [7, 11) is 6.79. The van der Waals surface area contributed by atoms with Crippen molar-refractivity contribution < 1.29 is 33.4 Å². The number of hydrogen-bond donors (Lipinski definition) is 3. The molecule has 0 bridgehead atoms. The van der Waals surface area contributed by atoms with Crippen molar-refractivity contribution in [3.05, 3.63) is 35.9 Å². The molecule has 13 nitrogen and oxygen atoms in total. The number of benzene rings is 1. The number of amides is 5. The van der Waals surface area contributed by atoms with E-state index in [0.717, 1.165) is 18.4 Å². The maximum atomic E-state index is 14.4. The molecule has 0 aromatic heterocycles. The molecule has 0 saturated carbocycles. The zero-order chi connectivity index (χ0) is 44.9. The van der Waals surface area contributed by atoms with Crippen LogP contribution in [0.1, 0.15) is 114 Å². The molecule has 1 aliphatic rings. The molecule has 1 aromatic rings. The number of likely N-dealkylation sites (tertiary alicyclic amines) is 1. The van der Waals surface area contributed by atoms with Crippen LogP contribution >= 0.6 is 0 Å². The van der Waals surface area contributed by atoms with Gasteiger partial charge in [-0.3, -0.25) is 28.9 Å². The van der Waals surface area contributed by atoms with Gasteiger partial charge in [0.1, 0.15) is 12.1 Å². The number of likely N-dealkylation sites (N-methyl/N-ethyl adjacent to an activating group) is 2. The van der Waals surface area contributed by atoms with E-state index >= 15 is 0 Å². The molecule has 0 spiro atoms. The van der Waals surface area contributed by atoms with E-state index in [1.165, 1.54) is 0 Å². The van der Waals surface area contributed by atoms with E-state index in [-0.39, 0.29) is 65.8 Å². The van der Waals surface area contributed by atoms with E-state index in [9.17, 15) is 24.0 Å². The summed E-state index contributed by atoms with van der Waals surface area (Å²) in [6, 6.07) is 6.84. The van der Waals surface area contributed by atoms with Crippen LogP contribution in [0, 0.1) is 23.7 Å². The first kappa shape index (κ1) is 51.6. The highest BCUT2D eigenvalue weighted by Gasteiger charge is 2.43. The SMILES string of the molecule is CC[C@H](C)[C@@H]([C@@H](CC(=O)N1CCC[C@H]1[C@H](OC)[C@@H](C)C(=O)N[C@@H](Cc1ccccc1)C(=O)NC(C)(C)C)OC)N(C)C(=O)[C@@H](NC(=O)[C@H](C(C)C)N(C)C(C)C)C(C)C. The van der Waals surface area contributed by atoms with Gasteiger partial charge in [0, 0.05) is 45.8 Å². The van der Waals surface area contributed by atoms with Crippen molar-refractivity contribution in [3.8, 4) is 0 Å². The number of nitrogens with one attached hydrogen (secondary N) is 3. The van der Waals surface area contributed by atoms with E-state index in [2.05, 4.69) is 16.0 Å². The first-order valence-corrected chi connectivity index (χ1v) is 21.8. The zero-order valence-electron chi connectivity index (χ0n) is 39.3. The van der Waals surface area contributed by atoms with Crippen molar-refractivity contribution in [1.29, 1.82) is 0 Å². The van der Waals surface area contributed by atoms with Crippen LogP contribution in [0.5, 0.6) is 0 Å². The Labute approximate surface area is 356 Å². The minimum Gasteiger partial charge on any atom is -0.379 e. The van der Waals surface area contributed by atoms with Crippen molar-refractivity contribution in [3.63, 3.8) is 0 Å². The predicted octanol–water partition coefficient (Wildman–Crippen LogP) is 5.05. The number of carbonyl (C=O) groups excluding carboxylic acids is 5. The molecule has 1 heterocycles. The van der Waals surface area contributed by atoms with Gasteiger partial charge in [-0.05, 0) is 77.8 Å². The van der Waals surface area contributed by atoms with Gasteiger partial charge in [-0.1, -0.05) is 85.2 Å². The van der Waals surface area contributed by atoms with Crippen molar-refractivity contribution in [1.82, 2.24) is 30.7 Å². The fourth-order valence-electron chi connectivity index (χ4n) is 8.38. The third kappa shape index (κ3) is 14.6.